The maximum absolute atomic E-state index is 6.17. The first-order valence-corrected chi connectivity index (χ1v) is 6.87. The molecule has 108 valence electrons. The molecule has 2 N–H and O–H groups in total. The molecule has 0 aliphatic heterocycles. The summed E-state index contributed by atoms with van der Waals surface area (Å²) in [5.74, 6) is 0.626. The molecule has 0 unspecified atom stereocenters. The lowest BCUT2D eigenvalue weighted by Crippen LogP contribution is -2.20. The molecule has 0 bridgehead atoms. The summed E-state index contributed by atoms with van der Waals surface area (Å²) in [4.78, 5) is 0. The van der Waals surface area contributed by atoms with Crippen molar-refractivity contribution < 1.29 is 9.47 Å². The van der Waals surface area contributed by atoms with Gasteiger partial charge in [0.15, 0.2) is 6.29 Å². The lowest BCUT2D eigenvalue weighted by molar-refractivity contribution is -0.134. The van der Waals surface area contributed by atoms with Crippen LogP contribution in [0.1, 0.15) is 19.4 Å². The van der Waals surface area contributed by atoms with Gasteiger partial charge in [-0.2, -0.15) is 5.10 Å². The topological polar surface area (TPSA) is 62.3 Å². The second-order valence-corrected chi connectivity index (χ2v) is 4.35. The minimum Gasteiger partial charge on any atom is -0.383 e. The highest BCUT2D eigenvalue weighted by Gasteiger charge is 2.15. The zero-order valence-electron chi connectivity index (χ0n) is 12.0. The van der Waals surface area contributed by atoms with E-state index < -0.39 is 0 Å². The first kappa shape index (κ1) is 14.6. The van der Waals surface area contributed by atoms with Crippen LogP contribution >= 0.6 is 0 Å². The summed E-state index contributed by atoms with van der Waals surface area (Å²) in [6.07, 6.45) is 2.09. The van der Waals surface area contributed by atoms with Gasteiger partial charge in [-0.15, -0.1) is 0 Å². The quantitative estimate of drug-likeness (QED) is 0.788. The Labute approximate surface area is 119 Å². The Morgan fingerprint density at radius 3 is 2.40 bits per heavy atom. The second kappa shape index (κ2) is 7.07. The van der Waals surface area contributed by atoms with E-state index in [1.807, 2.05) is 44.2 Å². The zero-order valence-corrected chi connectivity index (χ0v) is 12.0. The number of ether oxygens (including phenoxy) is 2. The first-order valence-electron chi connectivity index (χ1n) is 6.87. The standard InChI is InChI=1S/C15H21N3O2/c1-3-19-14(20-4-2)10-12-11-17-18(15(12)16)13-8-6-5-7-9-13/h5-9,11,14H,3-4,10,16H2,1-2H3. The summed E-state index contributed by atoms with van der Waals surface area (Å²) < 4.78 is 12.8. The van der Waals surface area contributed by atoms with Gasteiger partial charge in [0.05, 0.1) is 11.9 Å². The molecule has 0 amide bonds. The number of nitrogens with zero attached hydrogens (tertiary/aromatic N) is 2. The normalized spacial score (nSPS) is 11.2. The van der Waals surface area contributed by atoms with Crippen molar-refractivity contribution >= 4 is 5.82 Å². The van der Waals surface area contributed by atoms with Crippen molar-refractivity contribution in [3.05, 3.63) is 42.1 Å². The van der Waals surface area contributed by atoms with E-state index in [0.29, 0.717) is 25.5 Å². The predicted octanol–water partition coefficient (Wildman–Crippen LogP) is 2.40. The SMILES string of the molecule is CCOC(Cc1cnn(-c2ccccc2)c1N)OCC. The largest absolute Gasteiger partial charge is 0.383 e. The highest BCUT2D eigenvalue weighted by molar-refractivity contribution is 5.46. The van der Waals surface area contributed by atoms with E-state index >= 15 is 0 Å². The number of anilines is 1. The summed E-state index contributed by atoms with van der Waals surface area (Å²) >= 11 is 0. The molecule has 0 atom stereocenters. The van der Waals surface area contributed by atoms with Crippen molar-refractivity contribution in [1.29, 1.82) is 0 Å². The maximum Gasteiger partial charge on any atom is 0.161 e. The van der Waals surface area contributed by atoms with Crippen molar-refractivity contribution in [3.8, 4) is 5.69 Å². The molecule has 1 heterocycles. The molecule has 0 aliphatic carbocycles. The Kier molecular flexibility index (Phi) is 5.15. The molecule has 2 rings (SSSR count). The van der Waals surface area contributed by atoms with Crippen molar-refractivity contribution in [1.82, 2.24) is 9.78 Å². The predicted molar refractivity (Wildman–Crippen MR) is 78.7 cm³/mol. The summed E-state index contributed by atoms with van der Waals surface area (Å²) in [6.45, 7) is 5.11. The van der Waals surface area contributed by atoms with Crippen LogP contribution in [0.2, 0.25) is 0 Å². The number of benzene rings is 1. The fraction of sp³-hybridized carbons (Fsp3) is 0.400. The first-order chi connectivity index (χ1) is 9.76. The number of nitrogens with two attached hydrogens (primary N) is 1. The fourth-order valence-corrected chi connectivity index (χ4v) is 2.04. The number of para-hydroxylation sites is 1. The molecule has 5 heteroatoms. The summed E-state index contributed by atoms with van der Waals surface area (Å²) in [5.41, 5.74) is 8.04. The third-order valence-electron chi connectivity index (χ3n) is 2.98. The van der Waals surface area contributed by atoms with Gasteiger partial charge in [0, 0.05) is 25.2 Å². The molecule has 2 aromatic rings. The van der Waals surface area contributed by atoms with Crippen LogP contribution in [0.25, 0.3) is 5.69 Å². The highest BCUT2D eigenvalue weighted by Crippen LogP contribution is 2.19. The van der Waals surface area contributed by atoms with Gasteiger partial charge in [-0.3, -0.25) is 0 Å². The fourth-order valence-electron chi connectivity index (χ4n) is 2.04. The Hall–Kier alpha value is -1.85. The van der Waals surface area contributed by atoms with Crippen molar-refractivity contribution in [2.75, 3.05) is 18.9 Å². The third-order valence-corrected chi connectivity index (χ3v) is 2.98. The lowest BCUT2D eigenvalue weighted by atomic mass is 10.2. The molecule has 20 heavy (non-hydrogen) atoms. The molecular weight excluding hydrogens is 254 g/mol. The van der Waals surface area contributed by atoms with Gasteiger partial charge in [0.1, 0.15) is 5.82 Å². The van der Waals surface area contributed by atoms with E-state index in [1.54, 1.807) is 10.9 Å². The molecule has 0 spiro atoms. The van der Waals surface area contributed by atoms with Gasteiger partial charge < -0.3 is 15.2 Å². The number of rotatable bonds is 7. The van der Waals surface area contributed by atoms with Gasteiger partial charge in [0.25, 0.3) is 0 Å². The van der Waals surface area contributed by atoms with Crippen LogP contribution < -0.4 is 5.73 Å². The Bertz CT molecular complexity index is 519. The maximum atomic E-state index is 6.17. The van der Waals surface area contributed by atoms with Crippen LogP contribution in [0.3, 0.4) is 0 Å². The molecule has 0 saturated heterocycles. The molecular formula is C15H21N3O2. The number of hydrogen-bond donors (Lipinski definition) is 1. The lowest BCUT2D eigenvalue weighted by Gasteiger charge is -2.16. The van der Waals surface area contributed by atoms with Crippen LogP contribution in [0.5, 0.6) is 0 Å². The monoisotopic (exact) mass is 275 g/mol. The summed E-state index contributed by atoms with van der Waals surface area (Å²) in [5, 5.41) is 4.34. The van der Waals surface area contributed by atoms with Crippen molar-refractivity contribution in [3.63, 3.8) is 0 Å². The molecule has 1 aromatic carbocycles. The zero-order chi connectivity index (χ0) is 14.4. The molecule has 0 saturated carbocycles. The average molecular weight is 275 g/mol. The smallest absolute Gasteiger partial charge is 0.161 e. The van der Waals surface area contributed by atoms with Crippen LogP contribution in [-0.4, -0.2) is 29.3 Å². The minimum absolute atomic E-state index is 0.277. The summed E-state index contributed by atoms with van der Waals surface area (Å²) in [7, 11) is 0. The van der Waals surface area contributed by atoms with Gasteiger partial charge in [-0.1, -0.05) is 18.2 Å². The van der Waals surface area contributed by atoms with E-state index in [2.05, 4.69) is 5.10 Å². The van der Waals surface area contributed by atoms with Gasteiger partial charge in [0.2, 0.25) is 0 Å². The summed E-state index contributed by atoms with van der Waals surface area (Å²) in [6, 6.07) is 9.81. The van der Waals surface area contributed by atoms with Crippen LogP contribution in [-0.2, 0) is 15.9 Å². The number of hydrogen-bond acceptors (Lipinski definition) is 4. The number of nitrogen functional groups attached to an aromatic ring is 1. The van der Waals surface area contributed by atoms with Gasteiger partial charge >= 0.3 is 0 Å². The van der Waals surface area contributed by atoms with Crippen LogP contribution in [0, 0.1) is 0 Å². The van der Waals surface area contributed by atoms with E-state index in [9.17, 15) is 0 Å². The number of aromatic nitrogens is 2. The Morgan fingerprint density at radius 2 is 1.80 bits per heavy atom. The third kappa shape index (κ3) is 3.37. The molecule has 0 radical (unpaired) electrons. The van der Waals surface area contributed by atoms with E-state index in [0.717, 1.165) is 11.3 Å². The Morgan fingerprint density at radius 1 is 1.15 bits per heavy atom. The molecule has 0 fully saturated rings. The minimum atomic E-state index is -0.277. The van der Waals surface area contributed by atoms with Gasteiger partial charge in [-0.25, -0.2) is 4.68 Å². The average Bonchev–Trinajstić information content (AvgIpc) is 2.82. The Balaban J connectivity index is 2.16. The van der Waals surface area contributed by atoms with E-state index in [-0.39, 0.29) is 6.29 Å². The van der Waals surface area contributed by atoms with Crippen LogP contribution in [0.4, 0.5) is 5.82 Å². The highest BCUT2D eigenvalue weighted by atomic mass is 16.7. The van der Waals surface area contributed by atoms with Crippen molar-refractivity contribution in [2.24, 2.45) is 0 Å². The van der Waals surface area contributed by atoms with Crippen molar-refractivity contribution in [2.45, 2.75) is 26.6 Å². The van der Waals surface area contributed by atoms with E-state index in [1.165, 1.54) is 0 Å². The van der Waals surface area contributed by atoms with E-state index in [4.69, 9.17) is 15.2 Å². The molecule has 1 aromatic heterocycles. The molecule has 5 nitrogen and oxygen atoms in total. The van der Waals surface area contributed by atoms with Crippen LogP contribution in [0.15, 0.2) is 36.5 Å². The van der Waals surface area contributed by atoms with Gasteiger partial charge in [-0.05, 0) is 26.0 Å². The second-order valence-electron chi connectivity index (χ2n) is 4.35. The molecule has 0 aliphatic rings.